The van der Waals surface area contributed by atoms with Crippen molar-refractivity contribution in [1.82, 2.24) is 9.97 Å². The molecular weight excluding hydrogens is 257 g/mol. The van der Waals surface area contributed by atoms with Gasteiger partial charge in [0.05, 0.1) is 15.7 Å². The van der Waals surface area contributed by atoms with Gasteiger partial charge < -0.3 is 5.32 Å². The van der Waals surface area contributed by atoms with Gasteiger partial charge >= 0.3 is 0 Å². The Bertz CT molecular complexity index is 555. The molecule has 0 spiro atoms. The van der Waals surface area contributed by atoms with E-state index >= 15 is 0 Å². The number of hydrogen-bond donors (Lipinski definition) is 1. The van der Waals surface area contributed by atoms with E-state index in [1.165, 1.54) is 0 Å². The molecule has 17 heavy (non-hydrogen) atoms. The lowest BCUT2D eigenvalue weighted by Gasteiger charge is -2.06. The first-order chi connectivity index (χ1) is 8.10. The highest BCUT2D eigenvalue weighted by Crippen LogP contribution is 2.28. The number of rotatable bonds is 2. The van der Waals surface area contributed by atoms with Crippen LogP contribution >= 0.6 is 23.2 Å². The quantitative estimate of drug-likeness (QED) is 0.900. The van der Waals surface area contributed by atoms with Crippen molar-refractivity contribution in [3.8, 4) is 11.3 Å². The molecule has 0 saturated heterocycles. The highest BCUT2D eigenvalue weighted by atomic mass is 35.5. The average molecular weight is 268 g/mol. The number of benzene rings is 1. The summed E-state index contributed by atoms with van der Waals surface area (Å²) in [5, 5.41) is 4.05. The van der Waals surface area contributed by atoms with Gasteiger partial charge in [-0.25, -0.2) is 9.97 Å². The average Bonchev–Trinajstić information content (AvgIpc) is 2.32. The lowest BCUT2D eigenvalue weighted by atomic mass is 10.1. The molecule has 0 aliphatic carbocycles. The van der Waals surface area contributed by atoms with Crippen molar-refractivity contribution in [3.63, 3.8) is 0 Å². The summed E-state index contributed by atoms with van der Waals surface area (Å²) < 4.78 is 0. The van der Waals surface area contributed by atoms with Crippen molar-refractivity contribution in [2.45, 2.75) is 6.92 Å². The zero-order chi connectivity index (χ0) is 12.4. The number of anilines is 1. The first-order valence-electron chi connectivity index (χ1n) is 5.09. The highest BCUT2D eigenvalue weighted by molar-refractivity contribution is 6.42. The molecule has 5 heteroatoms. The monoisotopic (exact) mass is 267 g/mol. The highest BCUT2D eigenvalue weighted by Gasteiger charge is 2.06. The van der Waals surface area contributed by atoms with Crippen LogP contribution in [0.15, 0.2) is 24.3 Å². The molecule has 0 amide bonds. The number of aromatic nitrogens is 2. The van der Waals surface area contributed by atoms with E-state index in [1.807, 2.05) is 26.1 Å². The molecule has 0 unspecified atom stereocenters. The minimum Gasteiger partial charge on any atom is -0.373 e. The molecule has 3 nitrogen and oxygen atoms in total. The van der Waals surface area contributed by atoms with E-state index in [2.05, 4.69) is 15.3 Å². The minimum absolute atomic E-state index is 0.520. The Hall–Kier alpha value is -1.32. The fourth-order valence-electron chi connectivity index (χ4n) is 1.50. The molecule has 1 aromatic heterocycles. The van der Waals surface area contributed by atoms with Crippen LogP contribution in [0.2, 0.25) is 10.0 Å². The molecular formula is C12H11Cl2N3. The fraction of sp³-hybridized carbons (Fsp3) is 0.167. The Morgan fingerprint density at radius 3 is 2.47 bits per heavy atom. The molecule has 0 aliphatic heterocycles. The summed E-state index contributed by atoms with van der Waals surface area (Å²) in [6, 6.07) is 7.31. The normalized spacial score (nSPS) is 10.4. The van der Waals surface area contributed by atoms with Crippen LogP contribution in [0.1, 0.15) is 5.82 Å². The molecule has 1 aromatic carbocycles. The smallest absolute Gasteiger partial charge is 0.130 e. The Balaban J connectivity index is 2.52. The molecule has 88 valence electrons. The molecule has 0 saturated carbocycles. The van der Waals surface area contributed by atoms with Crippen molar-refractivity contribution >= 4 is 29.0 Å². The Kier molecular flexibility index (Phi) is 3.50. The predicted octanol–water partition coefficient (Wildman–Crippen LogP) is 3.80. The second-order valence-electron chi connectivity index (χ2n) is 3.56. The van der Waals surface area contributed by atoms with Gasteiger partial charge in [-0.2, -0.15) is 0 Å². The van der Waals surface area contributed by atoms with Crippen LogP contribution in [0, 0.1) is 6.92 Å². The van der Waals surface area contributed by atoms with Gasteiger partial charge in [0.2, 0.25) is 0 Å². The van der Waals surface area contributed by atoms with Crippen LogP contribution in [0.4, 0.5) is 5.82 Å². The van der Waals surface area contributed by atoms with E-state index < -0.39 is 0 Å². The Morgan fingerprint density at radius 2 is 1.82 bits per heavy atom. The predicted molar refractivity (Wildman–Crippen MR) is 71.8 cm³/mol. The topological polar surface area (TPSA) is 37.8 Å². The number of hydrogen-bond acceptors (Lipinski definition) is 3. The summed E-state index contributed by atoms with van der Waals surface area (Å²) in [4.78, 5) is 8.61. The van der Waals surface area contributed by atoms with Gasteiger partial charge in [0.1, 0.15) is 11.6 Å². The van der Waals surface area contributed by atoms with Crippen LogP contribution < -0.4 is 5.32 Å². The maximum atomic E-state index is 5.99. The van der Waals surface area contributed by atoms with Crippen molar-refractivity contribution in [2.24, 2.45) is 0 Å². The molecule has 0 radical (unpaired) electrons. The van der Waals surface area contributed by atoms with E-state index in [-0.39, 0.29) is 0 Å². The summed E-state index contributed by atoms with van der Waals surface area (Å²) in [7, 11) is 1.82. The van der Waals surface area contributed by atoms with Gasteiger partial charge in [0.25, 0.3) is 0 Å². The van der Waals surface area contributed by atoms with Crippen LogP contribution in [0.3, 0.4) is 0 Å². The molecule has 1 heterocycles. The van der Waals surface area contributed by atoms with Gasteiger partial charge in [-0.05, 0) is 19.1 Å². The minimum atomic E-state index is 0.520. The second-order valence-corrected chi connectivity index (χ2v) is 4.38. The maximum absolute atomic E-state index is 5.99. The molecule has 2 rings (SSSR count). The number of nitrogens with one attached hydrogen (secondary N) is 1. The van der Waals surface area contributed by atoms with E-state index in [0.29, 0.717) is 15.9 Å². The maximum Gasteiger partial charge on any atom is 0.130 e. The third-order valence-corrected chi connectivity index (χ3v) is 3.05. The summed E-state index contributed by atoms with van der Waals surface area (Å²) >= 11 is 11.9. The van der Waals surface area contributed by atoms with Gasteiger partial charge in [0.15, 0.2) is 0 Å². The molecule has 2 aromatic rings. The van der Waals surface area contributed by atoms with E-state index in [9.17, 15) is 0 Å². The second kappa shape index (κ2) is 4.90. The lowest BCUT2D eigenvalue weighted by Crippen LogP contribution is -1.98. The van der Waals surface area contributed by atoms with Gasteiger partial charge in [0, 0.05) is 18.7 Å². The summed E-state index contributed by atoms with van der Waals surface area (Å²) in [6.07, 6.45) is 0. The van der Waals surface area contributed by atoms with E-state index in [4.69, 9.17) is 23.2 Å². The van der Waals surface area contributed by atoms with Crippen LogP contribution in [0.25, 0.3) is 11.3 Å². The third kappa shape index (κ3) is 2.68. The van der Waals surface area contributed by atoms with Crippen LogP contribution in [-0.2, 0) is 0 Å². The molecule has 0 bridgehead atoms. The molecule has 0 atom stereocenters. The summed E-state index contributed by atoms with van der Waals surface area (Å²) in [6.45, 7) is 1.85. The zero-order valence-electron chi connectivity index (χ0n) is 9.46. The largest absolute Gasteiger partial charge is 0.373 e. The third-order valence-electron chi connectivity index (χ3n) is 2.31. The van der Waals surface area contributed by atoms with Crippen molar-refractivity contribution in [3.05, 3.63) is 40.1 Å². The van der Waals surface area contributed by atoms with Crippen LogP contribution in [-0.4, -0.2) is 17.0 Å². The summed E-state index contributed by atoms with van der Waals surface area (Å²) in [5.41, 5.74) is 1.74. The molecule has 0 aliphatic rings. The van der Waals surface area contributed by atoms with Gasteiger partial charge in [-0.3, -0.25) is 0 Å². The van der Waals surface area contributed by atoms with Crippen molar-refractivity contribution < 1.29 is 0 Å². The SMILES string of the molecule is CNc1cc(-c2ccc(Cl)c(Cl)c2)nc(C)n1. The standard InChI is InChI=1S/C12H11Cl2N3/c1-7-16-11(6-12(15-2)17-7)8-3-4-9(13)10(14)5-8/h3-6H,1-2H3,(H,15,16,17). The van der Waals surface area contributed by atoms with Crippen molar-refractivity contribution in [2.75, 3.05) is 12.4 Å². The van der Waals surface area contributed by atoms with Gasteiger partial charge in [-0.15, -0.1) is 0 Å². The Labute approximate surface area is 110 Å². The lowest BCUT2D eigenvalue weighted by molar-refractivity contribution is 1.06. The van der Waals surface area contributed by atoms with Crippen molar-refractivity contribution in [1.29, 1.82) is 0 Å². The number of aryl methyl sites for hydroxylation is 1. The zero-order valence-corrected chi connectivity index (χ0v) is 11.0. The number of nitrogens with zero attached hydrogens (tertiary/aromatic N) is 2. The van der Waals surface area contributed by atoms with Gasteiger partial charge in [-0.1, -0.05) is 29.3 Å². The molecule has 1 N–H and O–H groups in total. The first-order valence-corrected chi connectivity index (χ1v) is 5.84. The van der Waals surface area contributed by atoms with E-state index in [1.54, 1.807) is 12.1 Å². The summed E-state index contributed by atoms with van der Waals surface area (Å²) in [5.74, 6) is 1.48. The van der Waals surface area contributed by atoms with Crippen LogP contribution in [0.5, 0.6) is 0 Å². The first kappa shape index (κ1) is 12.1. The molecule has 0 fully saturated rings. The fourth-order valence-corrected chi connectivity index (χ4v) is 1.80. The Morgan fingerprint density at radius 1 is 1.06 bits per heavy atom. The van der Waals surface area contributed by atoms with E-state index in [0.717, 1.165) is 17.1 Å². The number of halogens is 2.